The van der Waals surface area contributed by atoms with Gasteiger partial charge < -0.3 is 15.4 Å². The number of benzene rings is 1. The Hall–Kier alpha value is -2.34. The van der Waals surface area contributed by atoms with Crippen molar-refractivity contribution in [3.05, 3.63) is 42.7 Å². The van der Waals surface area contributed by atoms with Crippen LogP contribution in [0.25, 0.3) is 0 Å². The summed E-state index contributed by atoms with van der Waals surface area (Å²) in [6, 6.07) is 9.41. The van der Waals surface area contributed by atoms with Gasteiger partial charge in [-0.3, -0.25) is 9.48 Å². The Morgan fingerprint density at radius 1 is 1.36 bits per heavy atom. The quantitative estimate of drug-likeness (QED) is 0.847. The molecule has 1 atom stereocenters. The summed E-state index contributed by atoms with van der Waals surface area (Å²) in [6.07, 6.45) is 6.16. The van der Waals surface area contributed by atoms with E-state index in [9.17, 15) is 4.79 Å². The van der Waals surface area contributed by atoms with Gasteiger partial charge in [0.05, 0.1) is 6.10 Å². The minimum atomic E-state index is -0.638. The van der Waals surface area contributed by atoms with Crippen molar-refractivity contribution in [2.45, 2.75) is 44.8 Å². The molecule has 2 N–H and O–H groups in total. The van der Waals surface area contributed by atoms with Gasteiger partial charge in [0, 0.05) is 18.1 Å². The third-order valence-electron chi connectivity index (χ3n) is 4.82. The summed E-state index contributed by atoms with van der Waals surface area (Å²) >= 11 is 0. The third-order valence-corrected chi connectivity index (χ3v) is 4.82. The number of piperidine rings is 1. The molecule has 1 aliphatic heterocycles. The van der Waals surface area contributed by atoms with E-state index in [0.29, 0.717) is 0 Å². The lowest BCUT2D eigenvalue weighted by atomic mass is 9.87. The van der Waals surface area contributed by atoms with Crippen LogP contribution < -0.4 is 15.4 Å². The van der Waals surface area contributed by atoms with Gasteiger partial charge in [-0.25, -0.2) is 0 Å². The number of nitrogens with zero attached hydrogens (tertiary/aromatic N) is 2. The Labute approximate surface area is 148 Å². The van der Waals surface area contributed by atoms with Crippen LogP contribution in [-0.4, -0.2) is 34.9 Å². The van der Waals surface area contributed by atoms with E-state index in [0.717, 1.165) is 43.8 Å². The van der Waals surface area contributed by atoms with Gasteiger partial charge >= 0.3 is 0 Å². The molecule has 0 bridgehead atoms. The average Bonchev–Trinajstić information content (AvgIpc) is 3.19. The van der Waals surface area contributed by atoms with Crippen molar-refractivity contribution in [3.63, 3.8) is 0 Å². The molecular weight excluding hydrogens is 316 g/mol. The van der Waals surface area contributed by atoms with Crippen LogP contribution in [0.15, 0.2) is 42.7 Å². The van der Waals surface area contributed by atoms with Gasteiger partial charge in [-0.2, -0.15) is 5.10 Å². The molecule has 1 aliphatic rings. The Kier molecular flexibility index (Phi) is 5.38. The molecule has 0 saturated carbocycles. The molecule has 6 nitrogen and oxygen atoms in total. The Morgan fingerprint density at radius 2 is 2.08 bits per heavy atom. The maximum atomic E-state index is 13.1. The molecular formula is C19H26N4O2. The van der Waals surface area contributed by atoms with Crippen LogP contribution in [0.4, 0.5) is 5.69 Å². The minimum absolute atomic E-state index is 0.0201. The molecule has 1 fully saturated rings. The maximum absolute atomic E-state index is 13.1. The van der Waals surface area contributed by atoms with E-state index in [1.54, 1.807) is 10.9 Å². The van der Waals surface area contributed by atoms with Crippen molar-refractivity contribution < 1.29 is 9.53 Å². The largest absolute Gasteiger partial charge is 0.491 e. The predicted molar refractivity (Wildman–Crippen MR) is 97.8 cm³/mol. The van der Waals surface area contributed by atoms with Crippen LogP contribution in [0.3, 0.4) is 0 Å². The van der Waals surface area contributed by atoms with E-state index in [4.69, 9.17) is 4.74 Å². The number of nitrogens with one attached hydrogen (secondary N) is 2. The summed E-state index contributed by atoms with van der Waals surface area (Å²) in [7, 11) is 0. The smallest absolute Gasteiger partial charge is 0.252 e. The van der Waals surface area contributed by atoms with Crippen molar-refractivity contribution in [1.82, 2.24) is 15.1 Å². The number of hydrogen-bond acceptors (Lipinski definition) is 4. The lowest BCUT2D eigenvalue weighted by molar-refractivity contribution is -0.126. The first-order valence-corrected chi connectivity index (χ1v) is 8.93. The zero-order valence-electron chi connectivity index (χ0n) is 14.9. The van der Waals surface area contributed by atoms with Gasteiger partial charge in [-0.05, 0) is 69.6 Å². The molecule has 0 aliphatic carbocycles. The van der Waals surface area contributed by atoms with Gasteiger partial charge in [-0.15, -0.1) is 0 Å². The van der Waals surface area contributed by atoms with E-state index in [-0.39, 0.29) is 12.0 Å². The predicted octanol–water partition coefficient (Wildman–Crippen LogP) is 2.78. The van der Waals surface area contributed by atoms with E-state index < -0.39 is 5.54 Å². The number of carbonyl (C=O) groups is 1. The van der Waals surface area contributed by atoms with E-state index in [1.165, 1.54) is 0 Å². The SMILES string of the molecule is CCC(C)Oc1ccc(NC(=O)C2(n3cccn3)CCNCC2)cc1. The van der Waals surface area contributed by atoms with E-state index >= 15 is 0 Å². The van der Waals surface area contributed by atoms with Crippen LogP contribution in [-0.2, 0) is 10.3 Å². The number of aromatic nitrogens is 2. The molecule has 2 heterocycles. The molecule has 1 saturated heterocycles. The monoisotopic (exact) mass is 342 g/mol. The molecule has 1 unspecified atom stereocenters. The molecule has 1 aromatic carbocycles. The summed E-state index contributed by atoms with van der Waals surface area (Å²) < 4.78 is 7.58. The van der Waals surface area contributed by atoms with Gasteiger partial charge in [-0.1, -0.05) is 6.92 Å². The van der Waals surface area contributed by atoms with Gasteiger partial charge in [0.1, 0.15) is 11.3 Å². The number of carbonyl (C=O) groups excluding carboxylic acids is 1. The van der Waals surface area contributed by atoms with Crippen molar-refractivity contribution in [2.75, 3.05) is 18.4 Å². The zero-order chi connectivity index (χ0) is 17.7. The standard InChI is InChI=1S/C19H26N4O2/c1-3-15(2)25-17-7-5-16(6-8-17)22-18(24)19(9-12-20-13-10-19)23-14-4-11-21-23/h4-8,11,14-15,20H,3,9-10,12-13H2,1-2H3,(H,22,24). The fraction of sp³-hybridized carbons (Fsp3) is 0.474. The van der Waals surface area contributed by atoms with Crippen molar-refractivity contribution in [3.8, 4) is 5.75 Å². The van der Waals surface area contributed by atoms with Crippen LogP contribution in [0, 0.1) is 0 Å². The number of rotatable bonds is 6. The maximum Gasteiger partial charge on any atom is 0.252 e. The topological polar surface area (TPSA) is 68.2 Å². The Morgan fingerprint density at radius 3 is 2.68 bits per heavy atom. The molecule has 0 spiro atoms. The molecule has 1 aromatic heterocycles. The second-order valence-electron chi connectivity index (χ2n) is 6.55. The molecule has 6 heteroatoms. The van der Waals surface area contributed by atoms with Gasteiger partial charge in [0.15, 0.2) is 0 Å². The van der Waals surface area contributed by atoms with Crippen LogP contribution in [0.1, 0.15) is 33.1 Å². The summed E-state index contributed by atoms with van der Waals surface area (Å²) in [5, 5.41) is 10.7. The van der Waals surface area contributed by atoms with Crippen LogP contribution in [0.2, 0.25) is 0 Å². The molecule has 3 rings (SSSR count). The van der Waals surface area contributed by atoms with Crippen molar-refractivity contribution >= 4 is 11.6 Å². The number of ether oxygens (including phenoxy) is 1. The zero-order valence-corrected chi connectivity index (χ0v) is 14.9. The molecule has 25 heavy (non-hydrogen) atoms. The first kappa shape index (κ1) is 17.5. The third kappa shape index (κ3) is 3.85. The van der Waals surface area contributed by atoms with Crippen molar-refractivity contribution in [2.24, 2.45) is 0 Å². The lowest BCUT2D eigenvalue weighted by Gasteiger charge is -2.36. The van der Waals surface area contributed by atoms with Crippen molar-refractivity contribution in [1.29, 1.82) is 0 Å². The molecule has 134 valence electrons. The first-order chi connectivity index (χ1) is 12.1. The van der Waals surface area contributed by atoms with E-state index in [1.807, 2.05) is 43.5 Å². The Balaban J connectivity index is 1.73. The summed E-state index contributed by atoms with van der Waals surface area (Å²) in [5.74, 6) is 0.796. The lowest BCUT2D eigenvalue weighted by Crippen LogP contribution is -2.52. The van der Waals surface area contributed by atoms with E-state index in [2.05, 4.69) is 22.7 Å². The first-order valence-electron chi connectivity index (χ1n) is 8.93. The highest BCUT2D eigenvalue weighted by atomic mass is 16.5. The summed E-state index contributed by atoms with van der Waals surface area (Å²) in [4.78, 5) is 13.1. The number of anilines is 1. The fourth-order valence-electron chi connectivity index (χ4n) is 3.10. The number of amides is 1. The minimum Gasteiger partial charge on any atom is -0.491 e. The highest BCUT2D eigenvalue weighted by molar-refractivity contribution is 5.96. The summed E-state index contributed by atoms with van der Waals surface area (Å²) in [6.45, 7) is 5.73. The normalized spacial score (nSPS) is 17.7. The second kappa shape index (κ2) is 7.70. The van der Waals surface area contributed by atoms with Crippen LogP contribution in [0.5, 0.6) is 5.75 Å². The molecule has 2 aromatic rings. The highest BCUT2D eigenvalue weighted by Crippen LogP contribution is 2.29. The molecule has 1 amide bonds. The number of hydrogen-bond donors (Lipinski definition) is 2. The van der Waals surface area contributed by atoms with Crippen LogP contribution >= 0.6 is 0 Å². The highest BCUT2D eigenvalue weighted by Gasteiger charge is 2.42. The van der Waals surface area contributed by atoms with Gasteiger partial charge in [0.25, 0.3) is 5.91 Å². The Bertz CT molecular complexity index is 676. The summed E-state index contributed by atoms with van der Waals surface area (Å²) in [5.41, 5.74) is 0.132. The fourth-order valence-corrected chi connectivity index (χ4v) is 3.10. The van der Waals surface area contributed by atoms with Gasteiger partial charge in [0.2, 0.25) is 0 Å². The average molecular weight is 342 g/mol. The second-order valence-corrected chi connectivity index (χ2v) is 6.55. The molecule has 0 radical (unpaired) electrons.